The first-order valence-electron chi connectivity index (χ1n) is 14.4. The van der Waals surface area contributed by atoms with Crippen molar-refractivity contribution in [3.05, 3.63) is 131 Å². The molecule has 7 nitrogen and oxygen atoms in total. The molecule has 1 N–H and O–H groups in total. The van der Waals surface area contributed by atoms with Crippen molar-refractivity contribution in [2.75, 3.05) is 19.0 Å². The molecule has 3 aliphatic rings. The topological polar surface area (TPSA) is 84.9 Å². The van der Waals surface area contributed by atoms with Gasteiger partial charge in [0.25, 0.3) is 0 Å². The predicted molar refractivity (Wildman–Crippen MR) is 163 cm³/mol. The van der Waals surface area contributed by atoms with Crippen LogP contribution in [0.3, 0.4) is 0 Å². The zero-order valence-electron chi connectivity index (χ0n) is 23.8. The van der Waals surface area contributed by atoms with Gasteiger partial charge in [0.05, 0.1) is 31.2 Å². The number of nitrogens with one attached hydrogen (secondary N) is 1. The monoisotopic (exact) mass is 570 g/mol. The summed E-state index contributed by atoms with van der Waals surface area (Å²) in [6.45, 7) is 2.22. The van der Waals surface area contributed by atoms with Gasteiger partial charge in [-0.05, 0) is 60.0 Å². The third-order valence-corrected chi connectivity index (χ3v) is 8.93. The van der Waals surface area contributed by atoms with Crippen molar-refractivity contribution in [1.29, 1.82) is 0 Å². The number of hydrogen-bond donors (Lipinski definition) is 1. The number of nitrogens with zero attached hydrogens (tertiary/aromatic N) is 1. The lowest BCUT2D eigenvalue weighted by atomic mass is 9.62. The molecule has 1 amide bonds. The standard InChI is InChI=1S/C36H30N2O5/c1-3-43-29-18-9-6-15-26(29)33(40)30-31(32(39)23-12-10-13-24(21-23)42-2)38-20-19-22-11-4-5-14-25(22)34(38)36(30)27-16-7-8-17-28(27)37-35(36)41/h4-21,30-31,34H,3H2,1-2H3,(H,37,41)/t30-,31+,34+,36-/m0/s1. The van der Waals surface area contributed by atoms with Crippen molar-refractivity contribution in [3.8, 4) is 11.5 Å². The van der Waals surface area contributed by atoms with Gasteiger partial charge in [-0.3, -0.25) is 14.4 Å². The summed E-state index contributed by atoms with van der Waals surface area (Å²) < 4.78 is 11.3. The first-order valence-corrected chi connectivity index (χ1v) is 14.4. The van der Waals surface area contributed by atoms with Gasteiger partial charge in [-0.1, -0.05) is 66.7 Å². The number of amides is 1. The summed E-state index contributed by atoms with van der Waals surface area (Å²) in [5.41, 5.74) is 2.50. The number of benzene rings is 4. The fraction of sp³-hybridized carbons (Fsp3) is 0.194. The minimum atomic E-state index is -1.41. The maximum absolute atomic E-state index is 15.1. The zero-order valence-corrected chi connectivity index (χ0v) is 23.8. The Hall–Kier alpha value is -5.17. The molecule has 7 rings (SSSR count). The van der Waals surface area contributed by atoms with Crippen LogP contribution in [-0.4, -0.2) is 42.1 Å². The summed E-state index contributed by atoms with van der Waals surface area (Å²) in [6, 6.07) is 27.7. The van der Waals surface area contributed by atoms with Gasteiger partial charge >= 0.3 is 0 Å². The predicted octanol–water partition coefficient (Wildman–Crippen LogP) is 6.08. The second-order valence-corrected chi connectivity index (χ2v) is 11.0. The fourth-order valence-electron chi connectivity index (χ4n) is 7.23. The van der Waals surface area contributed by atoms with Crippen LogP contribution in [-0.2, 0) is 10.2 Å². The van der Waals surface area contributed by atoms with E-state index >= 15 is 4.79 Å². The van der Waals surface area contributed by atoms with E-state index in [0.29, 0.717) is 40.5 Å². The number of hydrogen-bond acceptors (Lipinski definition) is 6. The van der Waals surface area contributed by atoms with Crippen molar-refractivity contribution >= 4 is 29.2 Å². The molecule has 0 aliphatic carbocycles. The summed E-state index contributed by atoms with van der Waals surface area (Å²) in [4.78, 5) is 46.4. The number of anilines is 1. The van der Waals surface area contributed by atoms with Gasteiger partial charge in [-0.2, -0.15) is 0 Å². The normalized spacial score (nSPS) is 22.9. The van der Waals surface area contributed by atoms with E-state index in [0.717, 1.165) is 11.1 Å². The average molecular weight is 571 g/mol. The molecule has 4 aromatic rings. The molecule has 0 radical (unpaired) electrons. The SMILES string of the molecule is CCOc1ccccc1C(=O)[C@@H]1[C@H](C(=O)c2cccc(OC)c2)N2C=Cc3ccccc3[C@@H]2[C@@]12C(=O)Nc1ccccc12. The van der Waals surface area contributed by atoms with E-state index < -0.39 is 23.4 Å². The summed E-state index contributed by atoms with van der Waals surface area (Å²) in [6.07, 6.45) is 3.82. The van der Waals surface area contributed by atoms with Gasteiger partial charge in [0.1, 0.15) is 23.0 Å². The molecule has 4 aromatic carbocycles. The maximum Gasteiger partial charge on any atom is 0.238 e. The number of Topliss-reactive ketones (excluding diaryl/α,β-unsaturated/α-hetero) is 2. The lowest BCUT2D eigenvalue weighted by Gasteiger charge is -2.38. The molecular weight excluding hydrogens is 540 g/mol. The number of ether oxygens (including phenoxy) is 2. The molecule has 0 aromatic heterocycles. The largest absolute Gasteiger partial charge is 0.497 e. The molecular formula is C36H30N2O5. The molecule has 214 valence electrons. The number of rotatable bonds is 7. The van der Waals surface area contributed by atoms with Crippen LogP contribution in [0.4, 0.5) is 5.69 Å². The Kier molecular flexibility index (Phi) is 6.38. The van der Waals surface area contributed by atoms with Crippen molar-refractivity contribution in [1.82, 2.24) is 4.90 Å². The smallest absolute Gasteiger partial charge is 0.238 e. The lowest BCUT2D eigenvalue weighted by molar-refractivity contribution is -0.122. The van der Waals surface area contributed by atoms with Gasteiger partial charge in [-0.15, -0.1) is 0 Å². The highest BCUT2D eigenvalue weighted by atomic mass is 16.5. The lowest BCUT2D eigenvalue weighted by Crippen LogP contribution is -2.49. The highest BCUT2D eigenvalue weighted by Crippen LogP contribution is 2.62. The minimum absolute atomic E-state index is 0.269. The molecule has 0 bridgehead atoms. The van der Waals surface area contributed by atoms with Gasteiger partial charge in [0.2, 0.25) is 5.91 Å². The number of carbonyl (C=O) groups is 3. The van der Waals surface area contributed by atoms with E-state index in [1.54, 1.807) is 49.6 Å². The van der Waals surface area contributed by atoms with Crippen LogP contribution < -0.4 is 14.8 Å². The fourth-order valence-corrected chi connectivity index (χ4v) is 7.23. The Bertz CT molecular complexity index is 1810. The van der Waals surface area contributed by atoms with Crippen LogP contribution in [0.25, 0.3) is 6.08 Å². The molecule has 43 heavy (non-hydrogen) atoms. The Morgan fingerprint density at radius 3 is 2.51 bits per heavy atom. The van der Waals surface area contributed by atoms with Crippen LogP contribution in [0.15, 0.2) is 103 Å². The van der Waals surface area contributed by atoms with E-state index in [9.17, 15) is 9.59 Å². The van der Waals surface area contributed by atoms with Crippen molar-refractivity contribution in [2.24, 2.45) is 5.92 Å². The van der Waals surface area contributed by atoms with Gasteiger partial charge < -0.3 is 19.7 Å². The van der Waals surface area contributed by atoms with E-state index in [1.807, 2.05) is 78.7 Å². The van der Waals surface area contributed by atoms with Crippen molar-refractivity contribution in [2.45, 2.75) is 24.4 Å². The number of ketones is 2. The van der Waals surface area contributed by atoms with Crippen molar-refractivity contribution < 1.29 is 23.9 Å². The molecule has 1 saturated heterocycles. The van der Waals surface area contributed by atoms with Crippen LogP contribution >= 0.6 is 0 Å². The average Bonchev–Trinajstić information content (AvgIpc) is 3.53. The highest BCUT2D eigenvalue weighted by molar-refractivity contribution is 6.17. The first-order chi connectivity index (χ1) is 21.0. The van der Waals surface area contributed by atoms with E-state index in [4.69, 9.17) is 9.47 Å². The van der Waals surface area contributed by atoms with Crippen LogP contribution in [0.2, 0.25) is 0 Å². The summed E-state index contributed by atoms with van der Waals surface area (Å²) in [5, 5.41) is 3.08. The molecule has 1 fully saturated rings. The second kappa shape index (κ2) is 10.3. The van der Waals surface area contributed by atoms with Crippen LogP contribution in [0.1, 0.15) is 50.4 Å². The Labute approximate surface area is 249 Å². The second-order valence-electron chi connectivity index (χ2n) is 11.0. The highest BCUT2D eigenvalue weighted by Gasteiger charge is 2.70. The zero-order chi connectivity index (χ0) is 29.7. The Balaban J connectivity index is 1.54. The molecule has 3 heterocycles. The molecule has 1 spiro atoms. The van der Waals surface area contributed by atoms with E-state index in [1.165, 1.54) is 0 Å². The number of para-hydroxylation sites is 2. The molecule has 0 saturated carbocycles. The Morgan fingerprint density at radius 1 is 0.907 bits per heavy atom. The Morgan fingerprint density at radius 2 is 1.67 bits per heavy atom. The van der Waals surface area contributed by atoms with Crippen molar-refractivity contribution in [3.63, 3.8) is 0 Å². The van der Waals surface area contributed by atoms with Crippen LogP contribution in [0.5, 0.6) is 11.5 Å². The van der Waals surface area contributed by atoms with Gasteiger partial charge in [0, 0.05) is 17.5 Å². The summed E-state index contributed by atoms with van der Waals surface area (Å²) in [5.74, 6) is -1.03. The number of fused-ring (bicyclic) bond motifs is 6. The van der Waals surface area contributed by atoms with E-state index in [2.05, 4.69) is 5.32 Å². The summed E-state index contributed by atoms with van der Waals surface area (Å²) in [7, 11) is 1.55. The number of methoxy groups -OCH3 is 1. The quantitative estimate of drug-likeness (QED) is 0.271. The van der Waals surface area contributed by atoms with E-state index in [-0.39, 0.29) is 17.5 Å². The number of carbonyl (C=O) groups excluding carboxylic acids is 3. The van der Waals surface area contributed by atoms with Gasteiger partial charge in [0.15, 0.2) is 11.6 Å². The molecule has 4 atom stereocenters. The molecule has 3 aliphatic heterocycles. The summed E-state index contributed by atoms with van der Waals surface area (Å²) >= 11 is 0. The molecule has 0 unspecified atom stereocenters. The maximum atomic E-state index is 15.1. The minimum Gasteiger partial charge on any atom is -0.497 e. The molecule has 7 heteroatoms. The van der Waals surface area contributed by atoms with Crippen LogP contribution in [0, 0.1) is 5.92 Å². The third-order valence-electron chi connectivity index (χ3n) is 8.93. The first kappa shape index (κ1) is 26.7. The van der Waals surface area contributed by atoms with Gasteiger partial charge in [-0.25, -0.2) is 0 Å². The third kappa shape index (κ3) is 3.84.